The maximum Gasteiger partial charge on any atom is 0.352 e. The second-order valence-corrected chi connectivity index (χ2v) is 5.96. The predicted octanol–water partition coefficient (Wildman–Crippen LogP) is 1.88. The van der Waals surface area contributed by atoms with Crippen molar-refractivity contribution >= 4 is 38.8 Å². The van der Waals surface area contributed by atoms with Gasteiger partial charge in [0, 0.05) is 0 Å². The molecule has 0 atom stereocenters. The molecule has 0 aliphatic heterocycles. The summed E-state index contributed by atoms with van der Waals surface area (Å²) in [6, 6.07) is 7.64. The van der Waals surface area contributed by atoms with Crippen molar-refractivity contribution in [3.63, 3.8) is 0 Å². The number of carbonyl (C=O) groups is 1. The van der Waals surface area contributed by atoms with E-state index in [2.05, 4.69) is 15.4 Å². The number of amides is 1. The molecule has 0 radical (unpaired) electrons. The third-order valence-electron chi connectivity index (χ3n) is 3.47. The Hall–Kier alpha value is -3.07. The number of benzene rings is 1. The molecule has 1 aromatic carbocycles. The fourth-order valence-electron chi connectivity index (χ4n) is 2.36. The lowest BCUT2D eigenvalue weighted by atomic mass is 10.3. The highest BCUT2D eigenvalue weighted by molar-refractivity contribution is 7.17. The van der Waals surface area contributed by atoms with E-state index in [1.807, 2.05) is 11.4 Å². The van der Waals surface area contributed by atoms with Crippen LogP contribution in [0.2, 0.25) is 0 Å². The first-order valence-corrected chi connectivity index (χ1v) is 7.87. The molecule has 0 unspecified atom stereocenters. The molecule has 3 aromatic heterocycles. The van der Waals surface area contributed by atoms with Crippen molar-refractivity contribution in [2.24, 2.45) is 0 Å². The third-order valence-corrected chi connectivity index (χ3v) is 4.37. The summed E-state index contributed by atoms with van der Waals surface area (Å²) in [7, 11) is 0. The number of thiophene rings is 1. The van der Waals surface area contributed by atoms with Crippen LogP contribution in [0.3, 0.4) is 0 Å². The highest BCUT2D eigenvalue weighted by atomic mass is 32.1. The summed E-state index contributed by atoms with van der Waals surface area (Å²) >= 11 is 1.41. The Labute approximate surface area is 138 Å². The number of nitrogens with one attached hydrogen (secondary N) is 1. The average Bonchev–Trinajstić information content (AvgIpc) is 3.15. The van der Waals surface area contributed by atoms with Gasteiger partial charge >= 0.3 is 5.69 Å². The van der Waals surface area contributed by atoms with Gasteiger partial charge in [-0.2, -0.15) is 0 Å². The van der Waals surface area contributed by atoms with E-state index < -0.39 is 17.4 Å². The molecule has 3 heterocycles. The van der Waals surface area contributed by atoms with E-state index in [9.17, 15) is 14.0 Å². The number of para-hydroxylation sites is 1. The van der Waals surface area contributed by atoms with Crippen molar-refractivity contribution in [1.82, 2.24) is 19.2 Å². The monoisotopic (exact) mass is 343 g/mol. The molecule has 0 saturated carbocycles. The number of halogens is 1. The second-order valence-electron chi connectivity index (χ2n) is 5.04. The molecular formula is C15H10FN5O2S. The lowest BCUT2D eigenvalue weighted by Gasteiger charge is -2.05. The molecule has 24 heavy (non-hydrogen) atoms. The number of rotatable bonds is 3. The van der Waals surface area contributed by atoms with Crippen molar-refractivity contribution in [2.45, 2.75) is 6.54 Å². The highest BCUT2D eigenvalue weighted by Crippen LogP contribution is 2.21. The van der Waals surface area contributed by atoms with Crippen LogP contribution in [0.1, 0.15) is 0 Å². The van der Waals surface area contributed by atoms with Gasteiger partial charge in [-0.3, -0.25) is 4.79 Å². The summed E-state index contributed by atoms with van der Waals surface area (Å²) in [5.74, 6) is -1.08. The van der Waals surface area contributed by atoms with Crippen LogP contribution < -0.4 is 11.0 Å². The third kappa shape index (κ3) is 2.35. The van der Waals surface area contributed by atoms with Gasteiger partial charge in [0.1, 0.15) is 18.7 Å². The predicted molar refractivity (Wildman–Crippen MR) is 87.7 cm³/mol. The first kappa shape index (κ1) is 14.5. The molecule has 0 bridgehead atoms. The molecule has 4 aromatic rings. The lowest BCUT2D eigenvalue weighted by molar-refractivity contribution is -0.117. The van der Waals surface area contributed by atoms with Gasteiger partial charge in [0.05, 0.1) is 15.9 Å². The molecule has 4 rings (SSSR count). The normalized spacial score (nSPS) is 11.2. The Morgan fingerprint density at radius 1 is 1.29 bits per heavy atom. The minimum absolute atomic E-state index is 0.0571. The summed E-state index contributed by atoms with van der Waals surface area (Å²) < 4.78 is 16.7. The van der Waals surface area contributed by atoms with Gasteiger partial charge < -0.3 is 5.32 Å². The number of carbonyl (C=O) groups excluding carboxylic acids is 1. The van der Waals surface area contributed by atoms with Crippen LogP contribution in [0.15, 0.2) is 46.8 Å². The van der Waals surface area contributed by atoms with Gasteiger partial charge in [0.25, 0.3) is 0 Å². The van der Waals surface area contributed by atoms with E-state index in [0.717, 1.165) is 14.9 Å². The average molecular weight is 343 g/mol. The van der Waals surface area contributed by atoms with Gasteiger partial charge in [0.15, 0.2) is 5.65 Å². The number of fused-ring (bicyclic) bond motifs is 3. The molecule has 9 heteroatoms. The lowest BCUT2D eigenvalue weighted by Crippen LogP contribution is -2.28. The zero-order valence-corrected chi connectivity index (χ0v) is 13.0. The quantitative estimate of drug-likeness (QED) is 0.616. The zero-order chi connectivity index (χ0) is 16.7. The minimum atomic E-state index is -0.544. The Balaban J connectivity index is 1.67. The van der Waals surface area contributed by atoms with Gasteiger partial charge in [0.2, 0.25) is 5.91 Å². The van der Waals surface area contributed by atoms with Gasteiger partial charge in [-0.05, 0) is 23.6 Å². The first-order valence-electron chi connectivity index (χ1n) is 6.99. The SMILES string of the molecule is O=C(Cn1nc2c3sccc3ncn2c1=O)Nc1ccccc1F. The number of anilines is 1. The summed E-state index contributed by atoms with van der Waals surface area (Å²) in [6.07, 6.45) is 1.38. The van der Waals surface area contributed by atoms with Crippen LogP contribution in [0, 0.1) is 5.82 Å². The largest absolute Gasteiger partial charge is 0.352 e. The number of hydrogen-bond donors (Lipinski definition) is 1. The minimum Gasteiger partial charge on any atom is -0.322 e. The topological polar surface area (TPSA) is 81.3 Å². The fourth-order valence-corrected chi connectivity index (χ4v) is 3.18. The highest BCUT2D eigenvalue weighted by Gasteiger charge is 2.15. The first-order chi connectivity index (χ1) is 11.6. The Bertz CT molecular complexity index is 1130. The Morgan fingerprint density at radius 3 is 2.96 bits per heavy atom. The van der Waals surface area contributed by atoms with Crippen LogP contribution in [-0.4, -0.2) is 25.1 Å². The van der Waals surface area contributed by atoms with Crippen LogP contribution in [0.5, 0.6) is 0 Å². The summed E-state index contributed by atoms with van der Waals surface area (Å²) in [5.41, 5.74) is 0.761. The summed E-state index contributed by atoms with van der Waals surface area (Å²) in [5, 5.41) is 8.48. The van der Waals surface area contributed by atoms with Crippen molar-refractivity contribution in [3.8, 4) is 0 Å². The van der Waals surface area contributed by atoms with E-state index in [1.54, 1.807) is 6.07 Å². The number of nitrogens with zero attached hydrogens (tertiary/aromatic N) is 4. The number of hydrogen-bond acceptors (Lipinski definition) is 5. The maximum absolute atomic E-state index is 13.6. The molecule has 0 aliphatic carbocycles. The molecule has 0 aliphatic rings. The molecule has 120 valence electrons. The van der Waals surface area contributed by atoms with E-state index in [1.165, 1.54) is 40.3 Å². The van der Waals surface area contributed by atoms with E-state index in [4.69, 9.17) is 0 Å². The van der Waals surface area contributed by atoms with Crippen molar-refractivity contribution < 1.29 is 9.18 Å². The van der Waals surface area contributed by atoms with Crippen LogP contribution in [0.4, 0.5) is 10.1 Å². The van der Waals surface area contributed by atoms with E-state index in [-0.39, 0.29) is 12.2 Å². The molecular weight excluding hydrogens is 333 g/mol. The van der Waals surface area contributed by atoms with Gasteiger partial charge in [-0.25, -0.2) is 23.3 Å². The van der Waals surface area contributed by atoms with Gasteiger partial charge in [-0.15, -0.1) is 16.4 Å². The molecule has 0 saturated heterocycles. The van der Waals surface area contributed by atoms with Crippen molar-refractivity contribution in [1.29, 1.82) is 0 Å². The Kier molecular flexibility index (Phi) is 3.35. The standard InChI is InChI=1S/C15H10FN5O2S/c16-9-3-1-2-4-10(9)18-12(22)7-21-15(23)20-8-17-11-5-6-24-13(11)14(20)19-21/h1-6,8H,7H2,(H,18,22). The van der Waals surface area contributed by atoms with Crippen molar-refractivity contribution in [2.75, 3.05) is 5.32 Å². The van der Waals surface area contributed by atoms with Gasteiger partial charge in [-0.1, -0.05) is 12.1 Å². The summed E-state index contributed by atoms with van der Waals surface area (Å²) in [4.78, 5) is 28.6. The molecule has 1 amide bonds. The number of aromatic nitrogens is 4. The van der Waals surface area contributed by atoms with E-state index in [0.29, 0.717) is 5.65 Å². The van der Waals surface area contributed by atoms with Crippen LogP contribution >= 0.6 is 11.3 Å². The summed E-state index contributed by atoms with van der Waals surface area (Å²) in [6.45, 7) is -0.318. The fraction of sp³-hybridized carbons (Fsp3) is 0.0667. The molecule has 7 nitrogen and oxygen atoms in total. The molecule has 0 spiro atoms. The Morgan fingerprint density at radius 2 is 2.12 bits per heavy atom. The van der Waals surface area contributed by atoms with Crippen LogP contribution in [-0.2, 0) is 11.3 Å². The molecule has 0 fully saturated rings. The van der Waals surface area contributed by atoms with E-state index >= 15 is 0 Å². The molecule has 1 N–H and O–H groups in total. The van der Waals surface area contributed by atoms with Crippen LogP contribution in [0.25, 0.3) is 15.9 Å². The maximum atomic E-state index is 13.6. The van der Waals surface area contributed by atoms with Crippen molar-refractivity contribution in [3.05, 3.63) is 58.3 Å². The zero-order valence-electron chi connectivity index (χ0n) is 12.1. The smallest absolute Gasteiger partial charge is 0.322 e. The second kappa shape index (κ2) is 5.53.